The molecule has 7 rings (SSSR count). The fourth-order valence-corrected chi connectivity index (χ4v) is 7.07. The van der Waals surface area contributed by atoms with Gasteiger partial charge in [0.25, 0.3) is 11.5 Å². The standard InChI is InChI=1S/C33H34ClN9O3S/c1-40-19-41(18-20-11-13-22(46-2)14-12-20)29-27(31(40)44)30(39-33(35,38-29)47-3)42-16-6-10-25(42)28-37-24-9-4-8-23(34)26(24)32(45)43(28)21-7-5-15-36-17-21/h4-5,7-9,11-15,17,25,39H,6,10,16,18-19,35H2,1-3H3/t25?,33-/m1/s1. The summed E-state index contributed by atoms with van der Waals surface area (Å²) in [6, 6.07) is 16.3. The summed E-state index contributed by atoms with van der Waals surface area (Å²) < 4.78 is 6.93. The third kappa shape index (κ3) is 5.47. The second-order valence-corrected chi connectivity index (χ2v) is 13.1. The van der Waals surface area contributed by atoms with E-state index in [2.05, 4.69) is 20.1 Å². The maximum absolute atomic E-state index is 14.2. The van der Waals surface area contributed by atoms with Crippen LogP contribution in [0, 0.1) is 0 Å². The number of amides is 1. The molecule has 2 fully saturated rings. The van der Waals surface area contributed by atoms with Gasteiger partial charge in [-0.05, 0) is 61.1 Å². The Balaban J connectivity index is 1.38. The van der Waals surface area contributed by atoms with Gasteiger partial charge in [0.2, 0.25) is 5.12 Å². The van der Waals surface area contributed by atoms with Gasteiger partial charge in [-0.15, -0.1) is 0 Å². The Bertz CT molecular complexity index is 1990. The summed E-state index contributed by atoms with van der Waals surface area (Å²) in [6.07, 6.45) is 6.64. The number of ether oxygens (including phenoxy) is 1. The van der Waals surface area contributed by atoms with Crippen LogP contribution in [-0.4, -0.2) is 79.7 Å². The number of rotatable bonds is 7. The molecular formula is C33H34ClN9O3S. The molecule has 242 valence electrons. The van der Waals surface area contributed by atoms with Crippen molar-refractivity contribution in [2.75, 3.05) is 33.6 Å². The monoisotopic (exact) mass is 671 g/mol. The van der Waals surface area contributed by atoms with Gasteiger partial charge in [-0.3, -0.25) is 24.9 Å². The Morgan fingerprint density at radius 3 is 2.68 bits per heavy atom. The molecule has 1 unspecified atom stereocenters. The van der Waals surface area contributed by atoms with Crippen LogP contribution in [0.25, 0.3) is 16.6 Å². The molecule has 2 saturated heterocycles. The maximum Gasteiger partial charge on any atom is 0.267 e. The van der Waals surface area contributed by atoms with E-state index in [4.69, 9.17) is 32.0 Å². The largest absolute Gasteiger partial charge is 0.497 e. The van der Waals surface area contributed by atoms with Crippen molar-refractivity contribution in [2.45, 2.75) is 30.5 Å². The van der Waals surface area contributed by atoms with Gasteiger partial charge in [-0.1, -0.05) is 41.6 Å². The number of amidine groups is 1. The lowest BCUT2D eigenvalue weighted by molar-refractivity contribution is -0.128. The molecule has 12 nitrogen and oxygen atoms in total. The van der Waals surface area contributed by atoms with Crippen LogP contribution in [0.1, 0.15) is 30.3 Å². The predicted octanol–water partition coefficient (Wildman–Crippen LogP) is 3.66. The van der Waals surface area contributed by atoms with Gasteiger partial charge >= 0.3 is 0 Å². The third-order valence-corrected chi connectivity index (χ3v) is 9.86. The summed E-state index contributed by atoms with van der Waals surface area (Å²) in [5, 5.41) is 2.82. The first-order valence-electron chi connectivity index (χ1n) is 15.2. The summed E-state index contributed by atoms with van der Waals surface area (Å²) in [5.74, 6) is 2.19. The number of likely N-dealkylation sites (tertiary alicyclic amines) is 1. The highest BCUT2D eigenvalue weighted by atomic mass is 35.5. The topological polar surface area (TPSA) is 134 Å². The van der Waals surface area contributed by atoms with E-state index < -0.39 is 5.12 Å². The Labute approximate surface area is 280 Å². The second-order valence-electron chi connectivity index (χ2n) is 11.7. The Morgan fingerprint density at radius 1 is 1.15 bits per heavy atom. The quantitative estimate of drug-likeness (QED) is 0.281. The number of methoxy groups -OCH3 is 1. The van der Waals surface area contributed by atoms with Crippen molar-refractivity contribution >= 4 is 46.0 Å². The number of hydrogen-bond acceptors (Lipinski definition) is 11. The maximum atomic E-state index is 14.2. The van der Waals surface area contributed by atoms with Gasteiger partial charge in [0.15, 0.2) is 0 Å². The number of likely N-dealkylation sites (N-methyl/N-ethyl adjacent to an activating group) is 1. The molecule has 1 amide bonds. The first-order chi connectivity index (χ1) is 22.7. The minimum atomic E-state index is -1.25. The molecule has 14 heteroatoms. The molecule has 0 saturated carbocycles. The highest BCUT2D eigenvalue weighted by Gasteiger charge is 2.45. The van der Waals surface area contributed by atoms with E-state index in [1.54, 1.807) is 60.3 Å². The molecule has 47 heavy (non-hydrogen) atoms. The van der Waals surface area contributed by atoms with E-state index in [9.17, 15) is 9.59 Å². The number of benzene rings is 2. The molecule has 3 aliphatic heterocycles. The smallest absolute Gasteiger partial charge is 0.267 e. The molecule has 0 aliphatic carbocycles. The van der Waals surface area contributed by atoms with Crippen LogP contribution in [0.15, 0.2) is 88.2 Å². The molecule has 2 aromatic heterocycles. The summed E-state index contributed by atoms with van der Waals surface area (Å²) in [4.78, 5) is 48.3. The second kappa shape index (κ2) is 12.2. The van der Waals surface area contributed by atoms with Crippen LogP contribution in [-0.2, 0) is 11.3 Å². The van der Waals surface area contributed by atoms with E-state index in [0.29, 0.717) is 70.8 Å². The Kier molecular flexibility index (Phi) is 8.06. The molecule has 4 aromatic rings. The minimum absolute atomic E-state index is 0.172. The third-order valence-electron chi connectivity index (χ3n) is 8.73. The molecule has 0 radical (unpaired) electrons. The number of nitrogens with one attached hydrogen (secondary N) is 1. The Hall–Kier alpha value is -4.59. The van der Waals surface area contributed by atoms with Crippen molar-refractivity contribution in [3.05, 3.63) is 105 Å². The molecule has 0 bridgehead atoms. The number of aliphatic imine (C=N–C) groups is 1. The van der Waals surface area contributed by atoms with Crippen LogP contribution in [0.5, 0.6) is 5.75 Å². The molecule has 5 heterocycles. The number of fused-ring (bicyclic) bond motifs is 2. The van der Waals surface area contributed by atoms with Crippen molar-refractivity contribution in [3.8, 4) is 11.4 Å². The number of aromatic nitrogens is 3. The number of nitrogens with two attached hydrogens (primary N) is 1. The van der Waals surface area contributed by atoms with Gasteiger partial charge in [0.1, 0.15) is 28.8 Å². The average molecular weight is 672 g/mol. The number of nitrogens with zero attached hydrogens (tertiary/aromatic N) is 7. The fourth-order valence-electron chi connectivity index (χ4n) is 6.44. The van der Waals surface area contributed by atoms with Crippen molar-refractivity contribution in [1.29, 1.82) is 0 Å². The number of halogens is 1. The zero-order valence-electron chi connectivity index (χ0n) is 26.2. The van der Waals surface area contributed by atoms with Gasteiger partial charge in [0.05, 0.1) is 47.6 Å². The number of pyridine rings is 1. The number of hydrogen-bond donors (Lipinski definition) is 2. The van der Waals surface area contributed by atoms with Gasteiger partial charge in [0, 0.05) is 26.3 Å². The molecule has 2 atom stereocenters. The molecule has 3 N–H and O–H groups in total. The lowest BCUT2D eigenvalue weighted by Gasteiger charge is -2.45. The van der Waals surface area contributed by atoms with Crippen LogP contribution in [0.2, 0.25) is 5.02 Å². The van der Waals surface area contributed by atoms with Crippen molar-refractivity contribution in [2.24, 2.45) is 10.7 Å². The van der Waals surface area contributed by atoms with Gasteiger partial charge in [-0.2, -0.15) is 0 Å². The summed E-state index contributed by atoms with van der Waals surface area (Å²) >= 11 is 7.89. The van der Waals surface area contributed by atoms with Crippen LogP contribution < -0.4 is 21.3 Å². The summed E-state index contributed by atoms with van der Waals surface area (Å²) in [6.45, 7) is 1.43. The highest BCUT2D eigenvalue weighted by Crippen LogP contribution is 2.39. The van der Waals surface area contributed by atoms with Crippen molar-refractivity contribution in [3.63, 3.8) is 0 Å². The number of carbonyl (C=O) groups excluding carboxylic acids is 1. The number of thioether (sulfide) groups is 1. The SMILES string of the molecule is COc1ccc(CN2CN(C)C(=O)C3=C(N4CCCC4c4nc5cccc(Cl)c5c(=O)n4-c4cccnc4)N[C@](N)(SC)N=C32)cc1. The van der Waals surface area contributed by atoms with Crippen LogP contribution in [0.3, 0.4) is 0 Å². The summed E-state index contributed by atoms with van der Waals surface area (Å²) in [5.41, 5.74) is 9.09. The zero-order chi connectivity index (χ0) is 32.9. The highest BCUT2D eigenvalue weighted by molar-refractivity contribution is 7.99. The Morgan fingerprint density at radius 2 is 1.96 bits per heavy atom. The van der Waals surface area contributed by atoms with Crippen LogP contribution >= 0.6 is 23.4 Å². The van der Waals surface area contributed by atoms with Gasteiger partial charge < -0.3 is 24.8 Å². The minimum Gasteiger partial charge on any atom is -0.497 e. The number of carbonyl (C=O) groups is 1. The molecular weight excluding hydrogens is 638 g/mol. The van der Waals surface area contributed by atoms with E-state index in [0.717, 1.165) is 17.7 Å². The first-order valence-corrected chi connectivity index (χ1v) is 16.8. The molecule has 2 aromatic carbocycles. The van der Waals surface area contributed by atoms with E-state index in [1.807, 2.05) is 36.6 Å². The normalized spacial score (nSPS) is 21.2. The van der Waals surface area contributed by atoms with E-state index in [1.165, 1.54) is 11.8 Å². The molecule has 0 spiro atoms. The zero-order valence-corrected chi connectivity index (χ0v) is 27.8. The lowest BCUT2D eigenvalue weighted by Crippen LogP contribution is -2.61. The molecule has 3 aliphatic rings. The first kappa shape index (κ1) is 31.0. The lowest BCUT2D eigenvalue weighted by atomic mass is 10.1. The van der Waals surface area contributed by atoms with Crippen LogP contribution in [0.4, 0.5) is 0 Å². The van der Waals surface area contributed by atoms with Crippen molar-refractivity contribution in [1.82, 2.24) is 34.6 Å². The fraction of sp³-hybridized carbons (Fsp3) is 0.303. The van der Waals surface area contributed by atoms with E-state index in [-0.39, 0.29) is 17.5 Å². The van der Waals surface area contributed by atoms with Gasteiger partial charge in [-0.25, -0.2) is 9.98 Å². The predicted molar refractivity (Wildman–Crippen MR) is 183 cm³/mol. The average Bonchev–Trinajstić information content (AvgIpc) is 3.57. The van der Waals surface area contributed by atoms with Crippen molar-refractivity contribution < 1.29 is 9.53 Å². The van der Waals surface area contributed by atoms with E-state index >= 15 is 0 Å². The summed E-state index contributed by atoms with van der Waals surface area (Å²) in [7, 11) is 3.41.